The van der Waals surface area contributed by atoms with Crippen LogP contribution in [-0.4, -0.2) is 27.7 Å². The summed E-state index contributed by atoms with van der Waals surface area (Å²) >= 11 is 0. The molecule has 118 valence electrons. The first-order chi connectivity index (χ1) is 11.3. The molecule has 5 heteroatoms. The van der Waals surface area contributed by atoms with Crippen LogP contribution in [0, 0.1) is 0 Å². The SMILES string of the molecule is NCCNc1cc(-c2ccccc2)nc2cc(C3CCC3)nn12. The molecule has 0 atom stereocenters. The Morgan fingerprint density at radius 2 is 2.00 bits per heavy atom. The number of nitrogens with two attached hydrogens (primary N) is 1. The summed E-state index contributed by atoms with van der Waals surface area (Å²) in [6, 6.07) is 14.4. The summed E-state index contributed by atoms with van der Waals surface area (Å²) in [5.74, 6) is 1.55. The van der Waals surface area contributed by atoms with E-state index in [0.717, 1.165) is 28.4 Å². The molecule has 0 spiro atoms. The van der Waals surface area contributed by atoms with Crippen molar-refractivity contribution in [1.29, 1.82) is 0 Å². The third-order valence-electron chi connectivity index (χ3n) is 4.49. The molecule has 1 aliphatic carbocycles. The first-order valence-electron chi connectivity index (χ1n) is 8.25. The van der Waals surface area contributed by atoms with Crippen molar-refractivity contribution in [3.63, 3.8) is 0 Å². The van der Waals surface area contributed by atoms with E-state index in [0.29, 0.717) is 19.0 Å². The van der Waals surface area contributed by atoms with Crippen LogP contribution in [0.15, 0.2) is 42.5 Å². The van der Waals surface area contributed by atoms with E-state index in [9.17, 15) is 0 Å². The minimum Gasteiger partial charge on any atom is -0.369 e. The molecule has 3 N–H and O–H groups in total. The monoisotopic (exact) mass is 307 g/mol. The van der Waals surface area contributed by atoms with Crippen LogP contribution in [0.4, 0.5) is 5.82 Å². The van der Waals surface area contributed by atoms with Gasteiger partial charge in [-0.15, -0.1) is 0 Å². The minimum absolute atomic E-state index is 0.585. The number of nitrogens with zero attached hydrogens (tertiary/aromatic N) is 3. The zero-order valence-corrected chi connectivity index (χ0v) is 13.1. The highest BCUT2D eigenvalue weighted by molar-refractivity contribution is 5.66. The maximum Gasteiger partial charge on any atom is 0.158 e. The Morgan fingerprint density at radius 1 is 1.17 bits per heavy atom. The molecule has 5 nitrogen and oxygen atoms in total. The molecule has 0 unspecified atom stereocenters. The predicted octanol–water partition coefficient (Wildman–Crippen LogP) is 3.03. The summed E-state index contributed by atoms with van der Waals surface area (Å²) in [5.41, 5.74) is 9.76. The molecule has 0 saturated heterocycles. The Labute approximate surface area is 135 Å². The molecule has 2 aromatic heterocycles. The average Bonchev–Trinajstić information content (AvgIpc) is 2.95. The second kappa shape index (κ2) is 6.01. The lowest BCUT2D eigenvalue weighted by Crippen LogP contribution is -2.16. The van der Waals surface area contributed by atoms with Gasteiger partial charge >= 0.3 is 0 Å². The molecular weight excluding hydrogens is 286 g/mol. The van der Waals surface area contributed by atoms with Crippen molar-refractivity contribution < 1.29 is 0 Å². The van der Waals surface area contributed by atoms with Gasteiger partial charge in [-0.25, -0.2) is 4.98 Å². The topological polar surface area (TPSA) is 68.2 Å². The van der Waals surface area contributed by atoms with Gasteiger partial charge in [-0.2, -0.15) is 9.61 Å². The van der Waals surface area contributed by atoms with E-state index in [4.69, 9.17) is 15.8 Å². The molecule has 1 fully saturated rings. The lowest BCUT2D eigenvalue weighted by molar-refractivity contribution is 0.410. The van der Waals surface area contributed by atoms with Crippen LogP contribution in [0.3, 0.4) is 0 Å². The van der Waals surface area contributed by atoms with Crippen molar-refractivity contribution >= 4 is 11.5 Å². The van der Waals surface area contributed by atoms with Crippen LogP contribution in [0.2, 0.25) is 0 Å². The van der Waals surface area contributed by atoms with Gasteiger partial charge in [0, 0.05) is 36.7 Å². The zero-order valence-electron chi connectivity index (χ0n) is 13.1. The number of rotatable bonds is 5. The average molecular weight is 307 g/mol. The number of aromatic nitrogens is 3. The summed E-state index contributed by atoms with van der Waals surface area (Å²) in [6.45, 7) is 1.30. The smallest absolute Gasteiger partial charge is 0.158 e. The van der Waals surface area contributed by atoms with Gasteiger partial charge in [0.1, 0.15) is 5.82 Å². The number of nitrogens with one attached hydrogen (secondary N) is 1. The highest BCUT2D eigenvalue weighted by Gasteiger charge is 2.23. The largest absolute Gasteiger partial charge is 0.369 e. The van der Waals surface area contributed by atoms with Crippen LogP contribution in [-0.2, 0) is 0 Å². The minimum atomic E-state index is 0.585. The van der Waals surface area contributed by atoms with Crippen molar-refractivity contribution in [3.05, 3.63) is 48.2 Å². The fraction of sp³-hybridized carbons (Fsp3) is 0.333. The van der Waals surface area contributed by atoms with Crippen LogP contribution in [0.25, 0.3) is 16.9 Å². The van der Waals surface area contributed by atoms with Gasteiger partial charge in [-0.1, -0.05) is 36.8 Å². The number of hydrogen-bond donors (Lipinski definition) is 2. The predicted molar refractivity (Wildman–Crippen MR) is 92.6 cm³/mol. The van der Waals surface area contributed by atoms with Gasteiger partial charge in [0.15, 0.2) is 5.65 Å². The second-order valence-corrected chi connectivity index (χ2v) is 6.08. The van der Waals surface area contributed by atoms with E-state index in [1.807, 2.05) is 22.7 Å². The Bertz CT molecular complexity index is 805. The third kappa shape index (κ3) is 2.68. The van der Waals surface area contributed by atoms with Gasteiger partial charge in [-0.3, -0.25) is 0 Å². The molecule has 4 rings (SSSR count). The summed E-state index contributed by atoms with van der Waals surface area (Å²) < 4.78 is 1.91. The fourth-order valence-electron chi connectivity index (χ4n) is 2.98. The first kappa shape index (κ1) is 14.2. The first-order valence-corrected chi connectivity index (χ1v) is 8.25. The third-order valence-corrected chi connectivity index (χ3v) is 4.49. The molecule has 0 bridgehead atoms. The summed E-state index contributed by atoms with van der Waals surface area (Å²) in [4.78, 5) is 4.80. The van der Waals surface area contributed by atoms with E-state index in [1.165, 1.54) is 19.3 Å². The fourth-order valence-corrected chi connectivity index (χ4v) is 2.98. The van der Waals surface area contributed by atoms with E-state index in [1.54, 1.807) is 0 Å². The van der Waals surface area contributed by atoms with Crippen molar-refractivity contribution in [2.45, 2.75) is 25.2 Å². The number of benzene rings is 1. The van der Waals surface area contributed by atoms with Gasteiger partial charge in [0.2, 0.25) is 0 Å². The Balaban J connectivity index is 1.81. The molecule has 2 heterocycles. The number of fused-ring (bicyclic) bond motifs is 1. The van der Waals surface area contributed by atoms with Crippen LogP contribution < -0.4 is 11.1 Å². The van der Waals surface area contributed by atoms with Gasteiger partial charge in [0.05, 0.1) is 11.4 Å². The quantitative estimate of drug-likeness (QED) is 0.760. The number of hydrogen-bond acceptors (Lipinski definition) is 4. The van der Waals surface area contributed by atoms with Crippen molar-refractivity contribution in [3.8, 4) is 11.3 Å². The summed E-state index contributed by atoms with van der Waals surface area (Å²) in [6.07, 6.45) is 3.78. The van der Waals surface area contributed by atoms with E-state index in [2.05, 4.69) is 29.6 Å². The molecule has 0 amide bonds. The maximum atomic E-state index is 5.65. The molecule has 1 saturated carbocycles. The summed E-state index contributed by atoms with van der Waals surface area (Å²) in [7, 11) is 0. The maximum absolute atomic E-state index is 5.65. The van der Waals surface area contributed by atoms with Gasteiger partial charge in [-0.05, 0) is 12.8 Å². The van der Waals surface area contributed by atoms with E-state index in [-0.39, 0.29) is 0 Å². The summed E-state index contributed by atoms with van der Waals surface area (Å²) in [5, 5.41) is 8.14. The molecule has 3 aromatic rings. The van der Waals surface area contributed by atoms with Crippen molar-refractivity contribution in [1.82, 2.24) is 14.6 Å². The standard InChI is InChI=1S/C18H21N5/c19-9-10-20-17-11-15(13-5-2-1-3-6-13)21-18-12-16(22-23(17)18)14-7-4-8-14/h1-3,5-6,11-12,14,20H,4,7-10,19H2. The van der Waals surface area contributed by atoms with Crippen molar-refractivity contribution in [2.75, 3.05) is 18.4 Å². The van der Waals surface area contributed by atoms with E-state index >= 15 is 0 Å². The number of anilines is 1. The van der Waals surface area contributed by atoms with E-state index < -0.39 is 0 Å². The zero-order chi connectivity index (χ0) is 15.6. The molecule has 1 aromatic carbocycles. The van der Waals surface area contributed by atoms with Crippen LogP contribution in [0.1, 0.15) is 30.9 Å². The van der Waals surface area contributed by atoms with Gasteiger partial charge in [0.25, 0.3) is 0 Å². The molecule has 23 heavy (non-hydrogen) atoms. The Hall–Kier alpha value is -2.40. The van der Waals surface area contributed by atoms with Crippen molar-refractivity contribution in [2.24, 2.45) is 5.73 Å². The Morgan fingerprint density at radius 3 is 2.70 bits per heavy atom. The Kier molecular flexibility index (Phi) is 3.71. The molecule has 1 aliphatic rings. The van der Waals surface area contributed by atoms with Gasteiger partial charge < -0.3 is 11.1 Å². The highest BCUT2D eigenvalue weighted by Crippen LogP contribution is 2.36. The molecule has 0 radical (unpaired) electrons. The van der Waals surface area contributed by atoms with Crippen LogP contribution >= 0.6 is 0 Å². The highest BCUT2D eigenvalue weighted by atomic mass is 15.3. The second-order valence-electron chi connectivity index (χ2n) is 6.08. The van der Waals surface area contributed by atoms with Crippen LogP contribution in [0.5, 0.6) is 0 Å². The lowest BCUT2D eigenvalue weighted by Gasteiger charge is -2.22. The molecule has 0 aliphatic heterocycles. The lowest BCUT2D eigenvalue weighted by atomic mass is 9.83. The normalized spacial score (nSPS) is 14.8. The molecular formula is C18H21N5.